The maximum Gasteiger partial charge on any atom is 0.331 e. The van der Waals surface area contributed by atoms with Crippen LogP contribution >= 0.6 is 0 Å². The zero-order valence-corrected chi connectivity index (χ0v) is 20.9. The number of esters is 1. The van der Waals surface area contributed by atoms with Crippen LogP contribution in [0.25, 0.3) is 28.0 Å². The van der Waals surface area contributed by atoms with Crippen LogP contribution < -0.4 is 5.43 Å². The average molecular weight is 568 g/mol. The van der Waals surface area contributed by atoms with E-state index < -0.39 is 82.5 Å². The first kappa shape index (κ1) is 27.7. The molecule has 5 atom stereocenters. The van der Waals surface area contributed by atoms with Crippen LogP contribution in [0.5, 0.6) is 28.7 Å². The van der Waals surface area contributed by atoms with E-state index in [-0.39, 0.29) is 22.3 Å². The lowest BCUT2D eigenvalue weighted by Gasteiger charge is -2.42. The number of benzene rings is 3. The SMILES string of the molecule is O=C(C=Cc1ccc(O)cc1)O[C@@H]1[C@@H](O)[C@H](c2c(O)cc3oc4cc(O)c(O)cc4c(=O)c3c2O)O[C@H](CO)[C@H]1O. The highest BCUT2D eigenvalue weighted by molar-refractivity contribution is 5.96. The van der Waals surface area contributed by atoms with E-state index in [2.05, 4.69) is 0 Å². The molecule has 13 heteroatoms. The second-order valence-electron chi connectivity index (χ2n) is 9.38. The number of aliphatic hydroxyl groups excluding tert-OH is 3. The number of hydrogen-bond acceptors (Lipinski definition) is 13. The van der Waals surface area contributed by atoms with Crippen molar-refractivity contribution in [2.45, 2.75) is 30.5 Å². The topological polar surface area (TPSA) is 228 Å². The minimum atomic E-state index is -1.92. The molecule has 2 heterocycles. The van der Waals surface area contributed by atoms with Gasteiger partial charge in [0.1, 0.15) is 58.2 Å². The first-order chi connectivity index (χ1) is 19.5. The first-order valence-corrected chi connectivity index (χ1v) is 12.2. The predicted molar refractivity (Wildman–Crippen MR) is 140 cm³/mol. The van der Waals surface area contributed by atoms with Crippen LogP contribution in [0.15, 0.2) is 57.8 Å². The summed E-state index contributed by atoms with van der Waals surface area (Å²) in [4.78, 5) is 25.8. The number of aliphatic hydroxyl groups is 3. The molecule has 4 aromatic rings. The van der Waals surface area contributed by atoms with Crippen molar-refractivity contribution >= 4 is 34.0 Å². The van der Waals surface area contributed by atoms with Crippen LogP contribution in [0, 0.1) is 0 Å². The quantitative estimate of drug-likeness (QED) is 0.0735. The number of fused-ring (bicyclic) bond motifs is 2. The third-order valence-electron chi connectivity index (χ3n) is 6.76. The number of carbonyl (C=O) groups is 1. The van der Waals surface area contributed by atoms with Gasteiger partial charge in [-0.05, 0) is 29.8 Å². The Morgan fingerprint density at radius 1 is 0.902 bits per heavy atom. The van der Waals surface area contributed by atoms with Crippen LogP contribution in [-0.2, 0) is 14.3 Å². The summed E-state index contributed by atoms with van der Waals surface area (Å²) < 4.78 is 16.4. The summed E-state index contributed by atoms with van der Waals surface area (Å²) in [7, 11) is 0. The molecule has 5 rings (SSSR count). The molecule has 1 aliphatic rings. The molecule has 0 unspecified atom stereocenters. The van der Waals surface area contributed by atoms with E-state index in [1.165, 1.54) is 30.3 Å². The summed E-state index contributed by atoms with van der Waals surface area (Å²) in [5, 5.41) is 81.6. The van der Waals surface area contributed by atoms with Gasteiger partial charge in [0, 0.05) is 18.2 Å². The number of carbonyl (C=O) groups excluding carboxylic acids is 1. The van der Waals surface area contributed by atoms with Crippen molar-refractivity contribution in [2.75, 3.05) is 6.61 Å². The summed E-state index contributed by atoms with van der Waals surface area (Å²) in [6.45, 7) is -0.813. The molecule has 41 heavy (non-hydrogen) atoms. The largest absolute Gasteiger partial charge is 0.508 e. The number of ether oxygens (including phenoxy) is 2. The fraction of sp³-hybridized carbons (Fsp3) is 0.214. The standard InChI is InChI=1S/C28H24O13/c29-10-19-24(36)28(41-20(34)6-3-11-1-4-12(30)5-2-11)26(38)27(40-19)21-16(33)9-18-22(25(21)37)23(35)13-7-14(31)15(32)8-17(13)39-18/h1-9,19,24,26-33,36-38H,10H2/t19-,24-,26+,27+,28+/m1/s1. The first-order valence-electron chi connectivity index (χ1n) is 12.2. The van der Waals surface area contributed by atoms with E-state index in [1.807, 2.05) is 0 Å². The predicted octanol–water partition coefficient (Wildman–Crippen LogP) is 1.25. The van der Waals surface area contributed by atoms with Crippen molar-refractivity contribution in [2.24, 2.45) is 0 Å². The molecule has 0 radical (unpaired) electrons. The molecule has 0 amide bonds. The molecule has 3 aromatic carbocycles. The summed E-state index contributed by atoms with van der Waals surface area (Å²) in [6.07, 6.45) is -6.19. The van der Waals surface area contributed by atoms with Gasteiger partial charge < -0.3 is 54.7 Å². The third-order valence-corrected chi connectivity index (χ3v) is 6.76. The van der Waals surface area contributed by atoms with Crippen molar-refractivity contribution in [1.29, 1.82) is 0 Å². The highest BCUT2D eigenvalue weighted by Crippen LogP contribution is 2.45. The Kier molecular flexibility index (Phi) is 7.19. The van der Waals surface area contributed by atoms with Crippen molar-refractivity contribution in [3.05, 3.63) is 69.9 Å². The summed E-state index contributed by atoms with van der Waals surface area (Å²) in [5.41, 5.74) is -1.32. The van der Waals surface area contributed by atoms with E-state index >= 15 is 0 Å². The third kappa shape index (κ3) is 4.98. The normalized spacial score (nSPS) is 22.9. The summed E-state index contributed by atoms with van der Waals surface area (Å²) in [6, 6.07) is 8.68. The van der Waals surface area contributed by atoms with Crippen LogP contribution in [-0.4, -0.2) is 77.8 Å². The highest BCUT2D eigenvalue weighted by Gasteiger charge is 2.48. The zero-order valence-electron chi connectivity index (χ0n) is 20.9. The van der Waals surface area contributed by atoms with Gasteiger partial charge in [0.25, 0.3) is 0 Å². The minimum absolute atomic E-state index is 0.0165. The number of rotatable bonds is 5. The Labute approximate surface area is 229 Å². The molecule has 13 nitrogen and oxygen atoms in total. The van der Waals surface area contributed by atoms with E-state index in [0.717, 1.165) is 24.3 Å². The molecule has 214 valence electrons. The summed E-state index contributed by atoms with van der Waals surface area (Å²) >= 11 is 0. The van der Waals surface area contributed by atoms with Gasteiger partial charge in [0.05, 0.1) is 17.6 Å². The molecule has 1 aromatic heterocycles. The molecule has 0 spiro atoms. The smallest absolute Gasteiger partial charge is 0.331 e. The van der Waals surface area contributed by atoms with E-state index in [1.54, 1.807) is 0 Å². The maximum atomic E-state index is 13.2. The second-order valence-corrected chi connectivity index (χ2v) is 9.38. The van der Waals surface area contributed by atoms with E-state index in [0.29, 0.717) is 5.56 Å². The number of aromatic hydroxyl groups is 5. The lowest BCUT2D eigenvalue weighted by atomic mass is 9.89. The fourth-order valence-corrected chi connectivity index (χ4v) is 4.69. The average Bonchev–Trinajstić information content (AvgIpc) is 2.93. The van der Waals surface area contributed by atoms with E-state index in [9.17, 15) is 50.4 Å². The monoisotopic (exact) mass is 568 g/mol. The lowest BCUT2D eigenvalue weighted by molar-refractivity contribution is -0.240. The minimum Gasteiger partial charge on any atom is -0.508 e. The van der Waals surface area contributed by atoms with E-state index in [4.69, 9.17) is 13.9 Å². The number of phenols is 5. The van der Waals surface area contributed by atoms with Crippen molar-refractivity contribution < 1.29 is 59.5 Å². The number of hydrogen-bond donors (Lipinski definition) is 8. The van der Waals surface area contributed by atoms with Gasteiger partial charge in [-0.2, -0.15) is 0 Å². The van der Waals surface area contributed by atoms with Gasteiger partial charge in [-0.15, -0.1) is 0 Å². The van der Waals surface area contributed by atoms with Crippen molar-refractivity contribution in [1.82, 2.24) is 0 Å². The van der Waals surface area contributed by atoms with Gasteiger partial charge in [-0.25, -0.2) is 4.79 Å². The Balaban J connectivity index is 1.53. The molecule has 1 saturated heterocycles. The Morgan fingerprint density at radius 3 is 2.24 bits per heavy atom. The van der Waals surface area contributed by atoms with Gasteiger partial charge in [-0.3, -0.25) is 4.79 Å². The van der Waals surface area contributed by atoms with Crippen LogP contribution in [0.3, 0.4) is 0 Å². The van der Waals surface area contributed by atoms with Crippen molar-refractivity contribution in [3.63, 3.8) is 0 Å². The van der Waals surface area contributed by atoms with Gasteiger partial charge in [0.2, 0.25) is 5.43 Å². The molecule has 0 bridgehead atoms. The fourth-order valence-electron chi connectivity index (χ4n) is 4.69. The number of phenolic OH excluding ortho intramolecular Hbond substituents is 5. The van der Waals surface area contributed by atoms with Crippen LogP contribution in [0.4, 0.5) is 0 Å². The molecular weight excluding hydrogens is 544 g/mol. The molecule has 1 aliphatic heterocycles. The second kappa shape index (κ2) is 10.6. The van der Waals surface area contributed by atoms with Gasteiger partial charge in [0.15, 0.2) is 17.6 Å². The Bertz CT molecular complexity index is 1720. The van der Waals surface area contributed by atoms with Crippen molar-refractivity contribution in [3.8, 4) is 28.7 Å². The van der Waals surface area contributed by atoms with Gasteiger partial charge in [-0.1, -0.05) is 12.1 Å². The zero-order chi connectivity index (χ0) is 29.6. The molecule has 8 N–H and O–H groups in total. The Morgan fingerprint density at radius 2 is 1.56 bits per heavy atom. The highest BCUT2D eigenvalue weighted by atomic mass is 16.6. The molecular formula is C28H24O13. The lowest BCUT2D eigenvalue weighted by Crippen LogP contribution is -2.56. The molecule has 1 fully saturated rings. The molecule has 0 aliphatic carbocycles. The maximum absolute atomic E-state index is 13.2. The van der Waals surface area contributed by atoms with Crippen LogP contribution in [0.1, 0.15) is 17.2 Å². The van der Waals surface area contributed by atoms with Crippen LogP contribution in [0.2, 0.25) is 0 Å². The Hall–Kier alpha value is -4.82. The molecule has 0 saturated carbocycles. The summed E-state index contributed by atoms with van der Waals surface area (Å²) in [5.74, 6) is -3.77. The van der Waals surface area contributed by atoms with Gasteiger partial charge >= 0.3 is 5.97 Å².